The Morgan fingerprint density at radius 3 is 2.69 bits per heavy atom. The van der Waals surface area contributed by atoms with E-state index in [9.17, 15) is 0 Å². The number of ether oxygens (including phenoxy) is 1. The van der Waals surface area contributed by atoms with E-state index in [-0.39, 0.29) is 0 Å². The summed E-state index contributed by atoms with van der Waals surface area (Å²) in [6.45, 7) is 1.25. The maximum Gasteiger partial charge on any atom is 0.118 e. The molecule has 1 fully saturated rings. The predicted molar refractivity (Wildman–Crippen MR) is 69.9 cm³/mol. The maximum absolute atomic E-state index is 5.15. The Labute approximate surface area is 102 Å². The summed E-state index contributed by atoms with van der Waals surface area (Å²) in [4.78, 5) is 2.45. The highest BCUT2D eigenvalue weighted by atomic mass is 32.2. The highest BCUT2D eigenvalue weighted by Crippen LogP contribution is 2.28. The number of hydrogen-bond acceptors (Lipinski definition) is 3. The van der Waals surface area contributed by atoms with Crippen molar-refractivity contribution >= 4 is 11.8 Å². The van der Waals surface area contributed by atoms with Gasteiger partial charge in [0.05, 0.1) is 12.5 Å². The van der Waals surface area contributed by atoms with Crippen molar-refractivity contribution in [2.24, 2.45) is 0 Å². The molecule has 1 atom stereocenters. The molecule has 0 amide bonds. The maximum atomic E-state index is 5.15. The van der Waals surface area contributed by atoms with Gasteiger partial charge in [-0.25, -0.2) is 0 Å². The van der Waals surface area contributed by atoms with Crippen molar-refractivity contribution in [1.29, 1.82) is 0 Å². The zero-order valence-electron chi connectivity index (χ0n) is 9.98. The number of methoxy groups -OCH3 is 1. The average molecular weight is 237 g/mol. The molecule has 2 rings (SSSR count). The first kappa shape index (κ1) is 11.8. The van der Waals surface area contributed by atoms with E-state index in [4.69, 9.17) is 4.74 Å². The second-order valence-corrected chi connectivity index (χ2v) is 5.40. The molecule has 0 N–H and O–H groups in total. The predicted octanol–water partition coefficient (Wildman–Crippen LogP) is 2.98. The van der Waals surface area contributed by atoms with Gasteiger partial charge in [0, 0.05) is 5.75 Å². The largest absolute Gasteiger partial charge is 0.497 e. The zero-order valence-corrected chi connectivity index (χ0v) is 10.8. The Balaban J connectivity index is 1.84. The first-order valence-corrected chi connectivity index (χ1v) is 6.79. The molecule has 0 aromatic heterocycles. The molecule has 0 aliphatic carbocycles. The Hall–Kier alpha value is -0.670. The third kappa shape index (κ3) is 2.92. The quantitative estimate of drug-likeness (QED) is 0.799. The first-order valence-electron chi connectivity index (χ1n) is 5.74. The smallest absolute Gasteiger partial charge is 0.118 e. The van der Waals surface area contributed by atoms with Crippen LogP contribution in [0.15, 0.2) is 24.3 Å². The fourth-order valence-electron chi connectivity index (χ4n) is 2.00. The van der Waals surface area contributed by atoms with Crippen molar-refractivity contribution in [2.75, 3.05) is 20.7 Å². The van der Waals surface area contributed by atoms with Gasteiger partial charge in [0.2, 0.25) is 0 Å². The molecule has 3 heteroatoms. The van der Waals surface area contributed by atoms with Crippen molar-refractivity contribution in [3.63, 3.8) is 0 Å². The summed E-state index contributed by atoms with van der Waals surface area (Å²) in [5.74, 6) is 2.03. The SMILES string of the molecule is COc1ccc(CS[C@H]2CCCN2C)cc1. The summed E-state index contributed by atoms with van der Waals surface area (Å²) in [6.07, 6.45) is 2.67. The molecule has 1 saturated heterocycles. The lowest BCUT2D eigenvalue weighted by atomic mass is 10.2. The van der Waals surface area contributed by atoms with Crippen LogP contribution >= 0.6 is 11.8 Å². The van der Waals surface area contributed by atoms with Crippen LogP contribution in [-0.4, -0.2) is 31.0 Å². The summed E-state index contributed by atoms with van der Waals surface area (Å²) in [6, 6.07) is 8.38. The van der Waals surface area contributed by atoms with Crippen LogP contribution in [0.5, 0.6) is 5.75 Å². The molecule has 1 aromatic carbocycles. The number of rotatable bonds is 4. The van der Waals surface area contributed by atoms with E-state index in [0.29, 0.717) is 5.37 Å². The topological polar surface area (TPSA) is 12.5 Å². The van der Waals surface area contributed by atoms with Crippen LogP contribution in [0.3, 0.4) is 0 Å². The Kier molecular flexibility index (Phi) is 4.13. The molecule has 1 aromatic rings. The minimum absolute atomic E-state index is 0.710. The molecule has 0 radical (unpaired) electrons. The number of hydrogen-bond donors (Lipinski definition) is 0. The number of thioether (sulfide) groups is 1. The molecule has 2 nitrogen and oxygen atoms in total. The fourth-order valence-corrected chi connectivity index (χ4v) is 3.27. The minimum atomic E-state index is 0.710. The molecule has 1 aliphatic heterocycles. The Bertz CT molecular complexity index is 325. The highest BCUT2D eigenvalue weighted by Gasteiger charge is 2.20. The van der Waals surface area contributed by atoms with E-state index in [2.05, 4.69) is 24.1 Å². The van der Waals surface area contributed by atoms with Gasteiger partial charge in [0.25, 0.3) is 0 Å². The van der Waals surface area contributed by atoms with Crippen molar-refractivity contribution in [1.82, 2.24) is 4.90 Å². The van der Waals surface area contributed by atoms with E-state index in [1.54, 1.807) is 7.11 Å². The van der Waals surface area contributed by atoms with Gasteiger partial charge in [0.1, 0.15) is 5.75 Å². The van der Waals surface area contributed by atoms with Gasteiger partial charge < -0.3 is 4.74 Å². The molecule has 1 aliphatic rings. The Morgan fingerprint density at radius 2 is 2.12 bits per heavy atom. The van der Waals surface area contributed by atoms with E-state index < -0.39 is 0 Å². The van der Waals surface area contributed by atoms with E-state index in [1.165, 1.54) is 24.9 Å². The van der Waals surface area contributed by atoms with Crippen LogP contribution in [0.1, 0.15) is 18.4 Å². The molecule has 16 heavy (non-hydrogen) atoms. The van der Waals surface area contributed by atoms with Crippen LogP contribution in [0.4, 0.5) is 0 Å². The van der Waals surface area contributed by atoms with Crippen molar-refractivity contribution in [2.45, 2.75) is 24.0 Å². The van der Waals surface area contributed by atoms with Gasteiger partial charge in [-0.05, 0) is 44.1 Å². The van der Waals surface area contributed by atoms with Crippen LogP contribution < -0.4 is 4.74 Å². The van der Waals surface area contributed by atoms with Crippen LogP contribution in [-0.2, 0) is 5.75 Å². The Morgan fingerprint density at radius 1 is 1.38 bits per heavy atom. The van der Waals surface area contributed by atoms with Crippen LogP contribution in [0.2, 0.25) is 0 Å². The third-order valence-electron chi connectivity index (χ3n) is 3.05. The second kappa shape index (κ2) is 5.60. The number of benzene rings is 1. The molecule has 0 bridgehead atoms. The van der Waals surface area contributed by atoms with Gasteiger partial charge in [0.15, 0.2) is 0 Å². The summed E-state index contributed by atoms with van der Waals surface area (Å²) < 4.78 is 5.15. The molecular weight excluding hydrogens is 218 g/mol. The molecule has 0 unspecified atom stereocenters. The lowest BCUT2D eigenvalue weighted by molar-refractivity contribution is 0.391. The number of likely N-dealkylation sites (tertiary alicyclic amines) is 1. The minimum Gasteiger partial charge on any atom is -0.497 e. The van der Waals surface area contributed by atoms with E-state index in [0.717, 1.165) is 11.5 Å². The highest BCUT2D eigenvalue weighted by molar-refractivity contribution is 7.99. The van der Waals surface area contributed by atoms with E-state index in [1.807, 2.05) is 23.9 Å². The molecule has 1 heterocycles. The lowest BCUT2D eigenvalue weighted by Gasteiger charge is -2.18. The second-order valence-electron chi connectivity index (χ2n) is 4.24. The summed E-state index contributed by atoms with van der Waals surface area (Å²) >= 11 is 2.04. The van der Waals surface area contributed by atoms with Crippen molar-refractivity contribution in [3.05, 3.63) is 29.8 Å². The first-order chi connectivity index (χ1) is 7.79. The summed E-state index contributed by atoms with van der Waals surface area (Å²) in [5.41, 5.74) is 1.38. The molecule has 88 valence electrons. The van der Waals surface area contributed by atoms with Crippen LogP contribution in [0.25, 0.3) is 0 Å². The van der Waals surface area contributed by atoms with Gasteiger partial charge in [-0.1, -0.05) is 12.1 Å². The molecule has 0 saturated carbocycles. The molecule has 0 spiro atoms. The van der Waals surface area contributed by atoms with Gasteiger partial charge >= 0.3 is 0 Å². The summed E-state index contributed by atoms with van der Waals surface area (Å²) in [5, 5.41) is 0.710. The fraction of sp³-hybridized carbons (Fsp3) is 0.538. The molecular formula is C13H19NOS. The lowest BCUT2D eigenvalue weighted by Crippen LogP contribution is -2.21. The average Bonchev–Trinajstić information content (AvgIpc) is 2.73. The summed E-state index contributed by atoms with van der Waals surface area (Å²) in [7, 11) is 3.93. The van der Waals surface area contributed by atoms with Gasteiger partial charge in [-0.2, -0.15) is 0 Å². The zero-order chi connectivity index (χ0) is 11.4. The van der Waals surface area contributed by atoms with Crippen LogP contribution in [0, 0.1) is 0 Å². The van der Waals surface area contributed by atoms with Gasteiger partial charge in [-0.3, -0.25) is 4.90 Å². The number of nitrogens with zero attached hydrogens (tertiary/aromatic N) is 1. The standard InChI is InChI=1S/C13H19NOS/c1-14-9-3-4-13(14)16-10-11-5-7-12(15-2)8-6-11/h5-8,13H,3-4,9-10H2,1-2H3/t13-/m0/s1. The van der Waals surface area contributed by atoms with Gasteiger partial charge in [-0.15, -0.1) is 11.8 Å². The van der Waals surface area contributed by atoms with Crippen molar-refractivity contribution in [3.8, 4) is 5.75 Å². The van der Waals surface area contributed by atoms with E-state index >= 15 is 0 Å². The van der Waals surface area contributed by atoms with Crippen molar-refractivity contribution < 1.29 is 4.74 Å². The third-order valence-corrected chi connectivity index (χ3v) is 4.54. The normalized spacial score (nSPS) is 21.2. The monoisotopic (exact) mass is 237 g/mol.